The molecule has 0 atom stereocenters. The van der Waals surface area contributed by atoms with Crippen molar-refractivity contribution in [3.63, 3.8) is 0 Å². The Morgan fingerprint density at radius 1 is 1.06 bits per heavy atom. The molecule has 0 bridgehead atoms. The van der Waals surface area contributed by atoms with E-state index in [4.69, 9.17) is 16.3 Å². The number of alkyl halides is 1. The van der Waals surface area contributed by atoms with Crippen LogP contribution >= 0.6 is 11.6 Å². The first-order chi connectivity index (χ1) is 7.79. The summed E-state index contributed by atoms with van der Waals surface area (Å²) in [7, 11) is 0. The monoisotopic (exact) mass is 236 g/mol. The van der Waals surface area contributed by atoms with Crippen LogP contribution in [0.1, 0.15) is 5.56 Å². The second kappa shape index (κ2) is 4.99. The van der Waals surface area contributed by atoms with Gasteiger partial charge in [0.15, 0.2) is 11.6 Å². The van der Waals surface area contributed by atoms with Gasteiger partial charge in [-0.15, -0.1) is 11.6 Å². The number of rotatable bonds is 3. The molecule has 0 unspecified atom stereocenters. The van der Waals surface area contributed by atoms with Crippen molar-refractivity contribution in [2.45, 2.75) is 5.88 Å². The molecule has 0 heterocycles. The summed E-state index contributed by atoms with van der Waals surface area (Å²) in [4.78, 5) is 0. The molecule has 0 N–H and O–H groups in total. The van der Waals surface area contributed by atoms with Crippen LogP contribution in [0.2, 0.25) is 0 Å². The van der Waals surface area contributed by atoms with Crippen molar-refractivity contribution >= 4 is 11.6 Å². The number of halogens is 2. The molecule has 0 fully saturated rings. The second-order valence-electron chi connectivity index (χ2n) is 3.31. The summed E-state index contributed by atoms with van der Waals surface area (Å²) in [6.07, 6.45) is 0. The molecular formula is C13H10ClFO. The smallest absolute Gasteiger partial charge is 0.165 e. The molecule has 0 aliphatic rings. The zero-order valence-corrected chi connectivity index (χ0v) is 9.25. The van der Waals surface area contributed by atoms with E-state index in [9.17, 15) is 4.39 Å². The van der Waals surface area contributed by atoms with Gasteiger partial charge in [0.2, 0.25) is 0 Å². The molecule has 0 radical (unpaired) electrons. The van der Waals surface area contributed by atoms with E-state index in [2.05, 4.69) is 0 Å². The Morgan fingerprint density at radius 2 is 1.81 bits per heavy atom. The van der Waals surface area contributed by atoms with E-state index in [1.807, 2.05) is 18.2 Å². The highest BCUT2D eigenvalue weighted by Crippen LogP contribution is 2.25. The fourth-order valence-corrected chi connectivity index (χ4v) is 1.49. The van der Waals surface area contributed by atoms with Crippen molar-refractivity contribution in [1.82, 2.24) is 0 Å². The zero-order valence-electron chi connectivity index (χ0n) is 8.49. The van der Waals surface area contributed by atoms with Gasteiger partial charge in [-0.05, 0) is 29.8 Å². The van der Waals surface area contributed by atoms with E-state index in [0.29, 0.717) is 11.6 Å². The van der Waals surface area contributed by atoms with Crippen LogP contribution in [-0.2, 0) is 5.88 Å². The van der Waals surface area contributed by atoms with E-state index in [0.717, 1.165) is 5.56 Å². The normalized spacial score (nSPS) is 10.1. The van der Waals surface area contributed by atoms with Crippen LogP contribution in [0.25, 0.3) is 0 Å². The van der Waals surface area contributed by atoms with E-state index < -0.39 is 5.82 Å². The molecule has 0 amide bonds. The zero-order chi connectivity index (χ0) is 11.4. The van der Waals surface area contributed by atoms with Crippen molar-refractivity contribution < 1.29 is 9.13 Å². The number of hydrogen-bond donors (Lipinski definition) is 0. The van der Waals surface area contributed by atoms with Crippen molar-refractivity contribution in [3.05, 3.63) is 59.9 Å². The van der Waals surface area contributed by atoms with Gasteiger partial charge in [0.25, 0.3) is 0 Å². The molecule has 2 aromatic rings. The molecule has 82 valence electrons. The van der Waals surface area contributed by atoms with Gasteiger partial charge in [0, 0.05) is 5.88 Å². The topological polar surface area (TPSA) is 9.23 Å². The Kier molecular flexibility index (Phi) is 3.42. The molecule has 0 aliphatic carbocycles. The van der Waals surface area contributed by atoms with E-state index in [-0.39, 0.29) is 5.75 Å². The molecule has 3 heteroatoms. The number of hydrogen-bond acceptors (Lipinski definition) is 1. The minimum absolute atomic E-state index is 0.198. The lowest BCUT2D eigenvalue weighted by Crippen LogP contribution is -1.89. The summed E-state index contributed by atoms with van der Waals surface area (Å²) in [5, 5.41) is 0. The SMILES string of the molecule is Fc1ccc(CCl)cc1Oc1ccccc1. The second-order valence-corrected chi connectivity index (χ2v) is 3.58. The van der Waals surface area contributed by atoms with Crippen molar-refractivity contribution in [3.8, 4) is 11.5 Å². The van der Waals surface area contributed by atoms with Crippen LogP contribution in [-0.4, -0.2) is 0 Å². The van der Waals surface area contributed by atoms with Gasteiger partial charge in [-0.25, -0.2) is 4.39 Å². The van der Waals surface area contributed by atoms with Crippen LogP contribution in [0.3, 0.4) is 0 Å². The molecule has 0 aliphatic heterocycles. The van der Waals surface area contributed by atoms with Crippen molar-refractivity contribution in [1.29, 1.82) is 0 Å². The Labute approximate surface area is 98.4 Å². The standard InChI is InChI=1S/C13H10ClFO/c14-9-10-6-7-12(15)13(8-10)16-11-4-2-1-3-5-11/h1-8H,9H2. The quantitative estimate of drug-likeness (QED) is 0.720. The van der Waals surface area contributed by atoms with Gasteiger partial charge in [-0.1, -0.05) is 24.3 Å². The maximum absolute atomic E-state index is 13.4. The van der Waals surface area contributed by atoms with E-state index in [1.54, 1.807) is 24.3 Å². The van der Waals surface area contributed by atoms with E-state index in [1.165, 1.54) is 6.07 Å². The average molecular weight is 237 g/mol. The van der Waals surface area contributed by atoms with Crippen LogP contribution < -0.4 is 4.74 Å². The maximum atomic E-state index is 13.4. The van der Waals surface area contributed by atoms with E-state index >= 15 is 0 Å². The number of para-hydroxylation sites is 1. The predicted octanol–water partition coefficient (Wildman–Crippen LogP) is 4.36. The Hall–Kier alpha value is -1.54. The van der Waals surface area contributed by atoms with Crippen LogP contribution in [0.15, 0.2) is 48.5 Å². The lowest BCUT2D eigenvalue weighted by molar-refractivity contribution is 0.442. The fraction of sp³-hybridized carbons (Fsp3) is 0.0769. The highest BCUT2D eigenvalue weighted by molar-refractivity contribution is 6.17. The Balaban J connectivity index is 2.27. The first-order valence-corrected chi connectivity index (χ1v) is 5.40. The molecule has 1 nitrogen and oxygen atoms in total. The van der Waals surface area contributed by atoms with Gasteiger partial charge in [0.1, 0.15) is 5.75 Å². The van der Waals surface area contributed by atoms with Crippen molar-refractivity contribution in [2.75, 3.05) is 0 Å². The first kappa shape index (κ1) is 11.0. The fourth-order valence-electron chi connectivity index (χ4n) is 1.32. The molecule has 2 rings (SSSR count). The molecular weight excluding hydrogens is 227 g/mol. The minimum atomic E-state index is -0.391. The minimum Gasteiger partial charge on any atom is -0.454 e. The number of benzene rings is 2. The Morgan fingerprint density at radius 3 is 2.50 bits per heavy atom. The summed E-state index contributed by atoms with van der Waals surface area (Å²) in [6.45, 7) is 0. The third-order valence-corrected chi connectivity index (χ3v) is 2.43. The van der Waals surface area contributed by atoms with Gasteiger partial charge in [-0.2, -0.15) is 0 Å². The van der Waals surface area contributed by atoms with Crippen LogP contribution in [0, 0.1) is 5.82 Å². The Bertz CT molecular complexity index is 471. The molecule has 2 aromatic carbocycles. The summed E-state index contributed by atoms with van der Waals surface area (Å²) >= 11 is 5.68. The molecule has 16 heavy (non-hydrogen) atoms. The summed E-state index contributed by atoms with van der Waals surface area (Å²) in [5.74, 6) is 0.751. The molecule has 0 saturated heterocycles. The van der Waals surface area contributed by atoms with Gasteiger partial charge in [-0.3, -0.25) is 0 Å². The maximum Gasteiger partial charge on any atom is 0.165 e. The average Bonchev–Trinajstić information content (AvgIpc) is 2.33. The highest BCUT2D eigenvalue weighted by Gasteiger charge is 2.05. The summed E-state index contributed by atoms with van der Waals surface area (Å²) in [5.41, 5.74) is 0.828. The lowest BCUT2D eigenvalue weighted by Gasteiger charge is -2.07. The number of ether oxygens (including phenoxy) is 1. The first-order valence-electron chi connectivity index (χ1n) is 4.87. The third-order valence-electron chi connectivity index (χ3n) is 2.12. The summed E-state index contributed by atoms with van der Waals surface area (Å²) in [6, 6.07) is 13.7. The molecule has 0 aromatic heterocycles. The van der Waals surface area contributed by atoms with Gasteiger partial charge >= 0.3 is 0 Å². The third kappa shape index (κ3) is 2.52. The highest BCUT2D eigenvalue weighted by atomic mass is 35.5. The molecule has 0 saturated carbocycles. The van der Waals surface area contributed by atoms with Gasteiger partial charge < -0.3 is 4.74 Å². The molecule has 0 spiro atoms. The van der Waals surface area contributed by atoms with Crippen LogP contribution in [0.4, 0.5) is 4.39 Å². The predicted molar refractivity (Wildman–Crippen MR) is 62.5 cm³/mol. The summed E-state index contributed by atoms with van der Waals surface area (Å²) < 4.78 is 18.8. The lowest BCUT2D eigenvalue weighted by atomic mass is 10.2. The van der Waals surface area contributed by atoms with Gasteiger partial charge in [0.05, 0.1) is 0 Å². The van der Waals surface area contributed by atoms with Crippen LogP contribution in [0.5, 0.6) is 11.5 Å². The van der Waals surface area contributed by atoms with Crippen molar-refractivity contribution in [2.24, 2.45) is 0 Å². The largest absolute Gasteiger partial charge is 0.454 e.